The first-order valence-corrected chi connectivity index (χ1v) is 9.98. The maximum Gasteiger partial charge on any atom is 0.257 e. The number of oxazole rings is 1. The van der Waals surface area contributed by atoms with Gasteiger partial charge < -0.3 is 9.73 Å². The van der Waals surface area contributed by atoms with Crippen molar-refractivity contribution in [2.45, 2.75) is 20.8 Å². The van der Waals surface area contributed by atoms with Crippen LogP contribution < -0.4 is 10.6 Å². The van der Waals surface area contributed by atoms with E-state index in [1.54, 1.807) is 6.07 Å². The van der Waals surface area contributed by atoms with Crippen molar-refractivity contribution in [2.24, 2.45) is 0 Å². The number of rotatable bonds is 3. The van der Waals surface area contributed by atoms with Crippen molar-refractivity contribution in [1.29, 1.82) is 0 Å². The average Bonchev–Trinajstić information content (AvgIpc) is 3.13. The number of nitrogens with zero attached hydrogens (tertiary/aromatic N) is 1. The molecule has 4 rings (SSSR count). The van der Waals surface area contributed by atoms with E-state index in [0.29, 0.717) is 11.5 Å². The molecular formula is C24H21N3O2S. The highest BCUT2D eigenvalue weighted by Gasteiger charge is 2.13. The van der Waals surface area contributed by atoms with Gasteiger partial charge in [-0.1, -0.05) is 30.3 Å². The maximum atomic E-state index is 12.4. The summed E-state index contributed by atoms with van der Waals surface area (Å²) in [5, 5.41) is 6.01. The normalized spacial score (nSPS) is 10.8. The predicted octanol–water partition coefficient (Wildman–Crippen LogP) is 5.55. The lowest BCUT2D eigenvalue weighted by Crippen LogP contribution is -2.34. The Morgan fingerprint density at radius 2 is 1.77 bits per heavy atom. The Kier molecular flexibility index (Phi) is 5.33. The SMILES string of the molecule is Cc1cc(C)c2oc(-c3cccc(NC(=S)NC(=O)c4ccccc4C)c3)nc2c1. The standard InChI is InChI=1S/C24H21N3O2S/c1-14-11-16(3)21-20(12-14)26-23(29-21)17-8-6-9-18(13-17)25-24(30)27-22(28)19-10-5-4-7-15(19)2/h4-13H,1-3H3,(H2,25,27,28,30). The number of hydrogen-bond donors (Lipinski definition) is 2. The number of nitrogens with one attached hydrogen (secondary N) is 2. The molecule has 0 aliphatic carbocycles. The van der Waals surface area contributed by atoms with Gasteiger partial charge in [0.15, 0.2) is 10.7 Å². The zero-order valence-corrected chi connectivity index (χ0v) is 17.8. The number of benzene rings is 3. The molecule has 1 aromatic heterocycles. The quantitative estimate of drug-likeness (QED) is 0.430. The molecule has 30 heavy (non-hydrogen) atoms. The third kappa shape index (κ3) is 4.09. The minimum Gasteiger partial charge on any atom is -0.436 e. The van der Waals surface area contributed by atoms with Crippen LogP contribution >= 0.6 is 12.2 Å². The summed E-state index contributed by atoms with van der Waals surface area (Å²) in [6.45, 7) is 5.94. The number of amides is 1. The molecule has 0 unspecified atom stereocenters. The maximum absolute atomic E-state index is 12.4. The summed E-state index contributed by atoms with van der Waals surface area (Å²) in [5.74, 6) is 0.295. The number of hydrogen-bond acceptors (Lipinski definition) is 4. The summed E-state index contributed by atoms with van der Waals surface area (Å²) in [4.78, 5) is 17.1. The van der Waals surface area contributed by atoms with Gasteiger partial charge in [-0.2, -0.15) is 0 Å². The summed E-state index contributed by atoms with van der Waals surface area (Å²) >= 11 is 5.32. The number of carbonyl (C=O) groups is 1. The number of aromatic nitrogens is 1. The molecule has 5 nitrogen and oxygen atoms in total. The third-order valence-corrected chi connectivity index (χ3v) is 5.01. The van der Waals surface area contributed by atoms with E-state index in [-0.39, 0.29) is 11.0 Å². The van der Waals surface area contributed by atoms with E-state index in [2.05, 4.69) is 21.7 Å². The van der Waals surface area contributed by atoms with Crippen molar-refractivity contribution < 1.29 is 9.21 Å². The highest BCUT2D eigenvalue weighted by Crippen LogP contribution is 2.28. The molecule has 0 saturated heterocycles. The molecule has 0 bridgehead atoms. The second-order valence-electron chi connectivity index (χ2n) is 7.25. The van der Waals surface area contributed by atoms with Gasteiger partial charge in [0.25, 0.3) is 5.91 Å². The van der Waals surface area contributed by atoms with Crippen LogP contribution in [0.15, 0.2) is 65.1 Å². The lowest BCUT2D eigenvalue weighted by molar-refractivity contribution is 0.0977. The van der Waals surface area contributed by atoms with Gasteiger partial charge in [-0.05, 0) is 80.0 Å². The van der Waals surface area contributed by atoms with E-state index >= 15 is 0 Å². The Morgan fingerprint density at radius 3 is 2.57 bits per heavy atom. The van der Waals surface area contributed by atoms with Gasteiger partial charge in [-0.3, -0.25) is 10.1 Å². The van der Waals surface area contributed by atoms with Gasteiger partial charge in [-0.15, -0.1) is 0 Å². The molecule has 0 atom stereocenters. The lowest BCUT2D eigenvalue weighted by Gasteiger charge is -2.11. The van der Waals surface area contributed by atoms with Crippen LogP contribution in [0.3, 0.4) is 0 Å². The van der Waals surface area contributed by atoms with Crippen molar-refractivity contribution >= 4 is 40.0 Å². The third-order valence-electron chi connectivity index (χ3n) is 4.80. The molecule has 150 valence electrons. The number of anilines is 1. The van der Waals surface area contributed by atoms with Crippen LogP contribution in [0, 0.1) is 20.8 Å². The minimum absolute atomic E-state index is 0.226. The fourth-order valence-electron chi connectivity index (χ4n) is 3.39. The molecule has 0 saturated carbocycles. The van der Waals surface area contributed by atoms with Gasteiger partial charge in [-0.25, -0.2) is 4.98 Å². The molecule has 2 N–H and O–H groups in total. The largest absolute Gasteiger partial charge is 0.436 e. The second kappa shape index (κ2) is 8.08. The molecule has 0 aliphatic heterocycles. The van der Waals surface area contributed by atoms with Gasteiger partial charge in [0.05, 0.1) is 0 Å². The van der Waals surface area contributed by atoms with E-state index < -0.39 is 0 Å². The molecule has 3 aromatic carbocycles. The summed E-state index contributed by atoms with van der Waals surface area (Å²) in [6.07, 6.45) is 0. The Hall–Kier alpha value is -3.51. The van der Waals surface area contributed by atoms with Crippen LogP contribution in [0.5, 0.6) is 0 Å². The second-order valence-corrected chi connectivity index (χ2v) is 7.66. The van der Waals surface area contributed by atoms with Crippen LogP contribution in [0.2, 0.25) is 0 Å². The fourth-order valence-corrected chi connectivity index (χ4v) is 3.60. The summed E-state index contributed by atoms with van der Waals surface area (Å²) in [5.41, 5.74) is 6.85. The van der Waals surface area contributed by atoms with Crippen LogP contribution in [0.1, 0.15) is 27.0 Å². The first-order valence-electron chi connectivity index (χ1n) is 9.57. The zero-order chi connectivity index (χ0) is 21.3. The van der Waals surface area contributed by atoms with E-state index in [1.165, 1.54) is 0 Å². The highest BCUT2D eigenvalue weighted by atomic mass is 32.1. The van der Waals surface area contributed by atoms with Gasteiger partial charge in [0.1, 0.15) is 5.52 Å². The van der Waals surface area contributed by atoms with Crippen LogP contribution in [-0.4, -0.2) is 16.0 Å². The Bertz CT molecular complexity index is 1280. The first-order chi connectivity index (χ1) is 14.4. The van der Waals surface area contributed by atoms with Crippen LogP contribution in [-0.2, 0) is 0 Å². The highest BCUT2D eigenvalue weighted by molar-refractivity contribution is 7.80. The van der Waals surface area contributed by atoms with E-state index in [4.69, 9.17) is 16.6 Å². The van der Waals surface area contributed by atoms with Crippen LogP contribution in [0.4, 0.5) is 5.69 Å². The van der Waals surface area contributed by atoms with Gasteiger partial charge >= 0.3 is 0 Å². The number of thiocarbonyl (C=S) groups is 1. The molecule has 1 heterocycles. The summed E-state index contributed by atoms with van der Waals surface area (Å²) in [7, 11) is 0. The average molecular weight is 416 g/mol. The topological polar surface area (TPSA) is 67.2 Å². The number of carbonyl (C=O) groups excluding carboxylic acids is 1. The molecule has 0 spiro atoms. The minimum atomic E-state index is -0.244. The van der Waals surface area contributed by atoms with Crippen molar-refractivity contribution in [3.05, 3.63) is 82.9 Å². The Labute approximate surface area is 180 Å². The molecule has 6 heteroatoms. The van der Waals surface area contributed by atoms with Crippen molar-refractivity contribution in [3.63, 3.8) is 0 Å². The van der Waals surface area contributed by atoms with E-state index in [9.17, 15) is 4.79 Å². The van der Waals surface area contributed by atoms with Gasteiger partial charge in [0, 0.05) is 16.8 Å². The lowest BCUT2D eigenvalue weighted by atomic mass is 10.1. The summed E-state index contributed by atoms with van der Waals surface area (Å²) < 4.78 is 5.99. The Balaban J connectivity index is 1.52. The smallest absolute Gasteiger partial charge is 0.257 e. The van der Waals surface area contributed by atoms with Crippen molar-refractivity contribution in [1.82, 2.24) is 10.3 Å². The summed E-state index contributed by atoms with van der Waals surface area (Å²) in [6, 6.07) is 19.0. The van der Waals surface area contributed by atoms with Crippen molar-refractivity contribution in [2.75, 3.05) is 5.32 Å². The van der Waals surface area contributed by atoms with Crippen molar-refractivity contribution in [3.8, 4) is 11.5 Å². The molecular weight excluding hydrogens is 394 g/mol. The first kappa shape index (κ1) is 19.8. The molecule has 0 aliphatic rings. The van der Waals surface area contributed by atoms with E-state index in [1.807, 2.05) is 69.3 Å². The fraction of sp³-hybridized carbons (Fsp3) is 0.125. The molecule has 0 radical (unpaired) electrons. The number of aryl methyl sites for hydroxylation is 3. The predicted molar refractivity (Wildman–Crippen MR) is 124 cm³/mol. The molecule has 0 fully saturated rings. The Morgan fingerprint density at radius 1 is 0.967 bits per heavy atom. The zero-order valence-electron chi connectivity index (χ0n) is 16.9. The number of fused-ring (bicyclic) bond motifs is 1. The van der Waals surface area contributed by atoms with E-state index in [0.717, 1.165) is 39.0 Å². The molecule has 4 aromatic rings. The monoisotopic (exact) mass is 415 g/mol. The van der Waals surface area contributed by atoms with Gasteiger partial charge in [0.2, 0.25) is 5.89 Å². The molecule has 1 amide bonds. The van der Waals surface area contributed by atoms with Crippen LogP contribution in [0.25, 0.3) is 22.6 Å².